The third-order valence-corrected chi connectivity index (χ3v) is 5.90. The number of benzene rings is 2. The standard InChI is InChI=1S/C23H31N3O4/c1-27-18-8-9-19(21(12-18)29-3)22-17(13-24-25-22)15-26-10-5-11-30-23-16(14-26)6-4-7-20(23)28-2/h4,6-9,12,17,22,24-25H,5,10-11,13-15H2,1-3H3. The molecule has 0 spiro atoms. The zero-order chi connectivity index (χ0) is 20.9. The summed E-state index contributed by atoms with van der Waals surface area (Å²) in [6.07, 6.45) is 0.988. The smallest absolute Gasteiger partial charge is 0.165 e. The van der Waals surface area contributed by atoms with Crippen molar-refractivity contribution in [2.45, 2.75) is 19.0 Å². The molecule has 2 unspecified atom stereocenters. The van der Waals surface area contributed by atoms with Crippen molar-refractivity contribution in [1.82, 2.24) is 15.8 Å². The summed E-state index contributed by atoms with van der Waals surface area (Å²) in [6, 6.07) is 12.3. The van der Waals surface area contributed by atoms with Crippen molar-refractivity contribution in [1.29, 1.82) is 0 Å². The lowest BCUT2D eigenvalue weighted by molar-refractivity contribution is 0.176. The van der Waals surface area contributed by atoms with Crippen LogP contribution >= 0.6 is 0 Å². The van der Waals surface area contributed by atoms with Gasteiger partial charge in [-0.05, 0) is 18.6 Å². The van der Waals surface area contributed by atoms with Gasteiger partial charge in [-0.25, -0.2) is 5.43 Å². The molecule has 0 radical (unpaired) electrons. The summed E-state index contributed by atoms with van der Waals surface area (Å²) < 4.78 is 22.5. The highest BCUT2D eigenvalue weighted by Crippen LogP contribution is 2.36. The summed E-state index contributed by atoms with van der Waals surface area (Å²) in [6.45, 7) is 4.41. The molecule has 0 saturated carbocycles. The lowest BCUT2D eigenvalue weighted by Crippen LogP contribution is -2.35. The molecule has 2 N–H and O–H groups in total. The first kappa shape index (κ1) is 20.8. The normalized spacial score (nSPS) is 21.8. The van der Waals surface area contributed by atoms with Gasteiger partial charge >= 0.3 is 0 Å². The fraction of sp³-hybridized carbons (Fsp3) is 0.478. The van der Waals surface area contributed by atoms with Crippen molar-refractivity contribution < 1.29 is 18.9 Å². The molecule has 0 bridgehead atoms. The van der Waals surface area contributed by atoms with Crippen LogP contribution in [0, 0.1) is 5.92 Å². The molecular weight excluding hydrogens is 382 g/mol. The SMILES string of the molecule is COc1ccc(C2NNCC2CN2CCCOc3c(cccc3OC)C2)c(OC)c1. The molecule has 0 aromatic heterocycles. The lowest BCUT2D eigenvalue weighted by atomic mass is 9.93. The van der Waals surface area contributed by atoms with Crippen molar-refractivity contribution in [3.05, 3.63) is 47.5 Å². The fourth-order valence-corrected chi connectivity index (χ4v) is 4.39. The molecule has 0 aliphatic carbocycles. The predicted molar refractivity (Wildman–Crippen MR) is 115 cm³/mol. The summed E-state index contributed by atoms with van der Waals surface area (Å²) >= 11 is 0. The number of nitrogens with zero attached hydrogens (tertiary/aromatic N) is 1. The van der Waals surface area contributed by atoms with Crippen LogP contribution < -0.4 is 29.8 Å². The number of fused-ring (bicyclic) bond motifs is 1. The number of nitrogens with one attached hydrogen (secondary N) is 2. The van der Waals surface area contributed by atoms with E-state index in [1.54, 1.807) is 21.3 Å². The van der Waals surface area contributed by atoms with Crippen molar-refractivity contribution >= 4 is 0 Å². The van der Waals surface area contributed by atoms with E-state index in [0.717, 1.165) is 61.2 Å². The summed E-state index contributed by atoms with van der Waals surface area (Å²) in [4.78, 5) is 2.52. The van der Waals surface area contributed by atoms with Gasteiger partial charge in [-0.15, -0.1) is 0 Å². The van der Waals surface area contributed by atoms with Crippen molar-refractivity contribution in [2.75, 3.05) is 47.6 Å². The largest absolute Gasteiger partial charge is 0.497 e. The first-order chi connectivity index (χ1) is 14.7. The molecular formula is C23H31N3O4. The van der Waals surface area contributed by atoms with Crippen LogP contribution in [0.3, 0.4) is 0 Å². The number of ether oxygens (including phenoxy) is 4. The van der Waals surface area contributed by atoms with Gasteiger partial charge in [0.1, 0.15) is 11.5 Å². The van der Waals surface area contributed by atoms with E-state index in [1.165, 1.54) is 5.56 Å². The number of hydrogen-bond donors (Lipinski definition) is 2. The van der Waals surface area contributed by atoms with Crippen molar-refractivity contribution in [3.63, 3.8) is 0 Å². The monoisotopic (exact) mass is 413 g/mol. The molecule has 7 heteroatoms. The zero-order valence-corrected chi connectivity index (χ0v) is 17.9. The Hall–Kier alpha value is -2.48. The molecule has 162 valence electrons. The van der Waals surface area contributed by atoms with Crippen LogP contribution in [0.15, 0.2) is 36.4 Å². The lowest BCUT2D eigenvalue weighted by Gasteiger charge is -2.31. The Morgan fingerprint density at radius 1 is 1.07 bits per heavy atom. The van der Waals surface area contributed by atoms with Crippen LogP contribution in [0.4, 0.5) is 0 Å². The molecule has 1 saturated heterocycles. The molecule has 2 aliphatic heterocycles. The molecule has 7 nitrogen and oxygen atoms in total. The maximum atomic E-state index is 6.01. The molecule has 4 rings (SSSR count). The van der Waals surface area contributed by atoms with Gasteiger partial charge < -0.3 is 18.9 Å². The second-order valence-electron chi connectivity index (χ2n) is 7.76. The third kappa shape index (κ3) is 4.33. The van der Waals surface area contributed by atoms with Crippen molar-refractivity contribution in [3.8, 4) is 23.0 Å². The number of para-hydroxylation sites is 1. The maximum absolute atomic E-state index is 6.01. The van der Waals surface area contributed by atoms with E-state index in [2.05, 4.69) is 27.9 Å². The van der Waals surface area contributed by atoms with Crippen LogP contribution in [0.2, 0.25) is 0 Å². The number of hydrogen-bond acceptors (Lipinski definition) is 7. The van der Waals surface area contributed by atoms with Crippen LogP contribution in [0.1, 0.15) is 23.6 Å². The van der Waals surface area contributed by atoms with E-state index < -0.39 is 0 Å². The molecule has 2 atom stereocenters. The second-order valence-corrected chi connectivity index (χ2v) is 7.76. The Morgan fingerprint density at radius 3 is 2.73 bits per heavy atom. The Morgan fingerprint density at radius 2 is 1.93 bits per heavy atom. The topological polar surface area (TPSA) is 64.2 Å². The van der Waals surface area contributed by atoms with Gasteiger partial charge in [0.15, 0.2) is 11.5 Å². The van der Waals surface area contributed by atoms with Crippen molar-refractivity contribution in [2.24, 2.45) is 5.92 Å². The van der Waals surface area contributed by atoms with E-state index in [-0.39, 0.29) is 6.04 Å². The average Bonchev–Trinajstić information content (AvgIpc) is 3.22. The molecule has 2 aliphatic rings. The number of rotatable bonds is 6. The molecule has 2 aromatic carbocycles. The van der Waals surface area contributed by atoms with Gasteiger partial charge in [-0.3, -0.25) is 10.3 Å². The fourth-order valence-electron chi connectivity index (χ4n) is 4.39. The molecule has 30 heavy (non-hydrogen) atoms. The van der Waals surface area contributed by atoms with Gasteiger partial charge in [-0.2, -0.15) is 0 Å². The van der Waals surface area contributed by atoms with Crippen LogP contribution in [-0.4, -0.2) is 52.5 Å². The summed E-state index contributed by atoms with van der Waals surface area (Å²) in [5.74, 6) is 3.73. The van der Waals surface area contributed by atoms with Gasteiger partial charge in [0.05, 0.1) is 34.0 Å². The minimum absolute atomic E-state index is 0.164. The first-order valence-corrected chi connectivity index (χ1v) is 10.4. The van der Waals surface area contributed by atoms with Crippen LogP contribution in [-0.2, 0) is 6.54 Å². The zero-order valence-electron chi connectivity index (χ0n) is 17.9. The van der Waals surface area contributed by atoms with Gasteiger partial charge in [0.25, 0.3) is 0 Å². The molecule has 1 fully saturated rings. The second kappa shape index (κ2) is 9.55. The van der Waals surface area contributed by atoms with E-state index in [4.69, 9.17) is 18.9 Å². The third-order valence-electron chi connectivity index (χ3n) is 5.90. The Labute approximate surface area is 178 Å². The van der Waals surface area contributed by atoms with Gasteiger partial charge in [0.2, 0.25) is 0 Å². The summed E-state index contributed by atoms with van der Waals surface area (Å²) in [7, 11) is 5.07. The Kier molecular flexibility index (Phi) is 6.62. The summed E-state index contributed by atoms with van der Waals surface area (Å²) in [5, 5.41) is 0. The van der Waals surface area contributed by atoms with Crippen LogP contribution in [0.25, 0.3) is 0 Å². The number of methoxy groups -OCH3 is 3. The highest BCUT2D eigenvalue weighted by atomic mass is 16.5. The van der Waals surface area contributed by atoms with E-state index in [0.29, 0.717) is 12.5 Å². The minimum Gasteiger partial charge on any atom is -0.497 e. The van der Waals surface area contributed by atoms with Gasteiger partial charge in [0, 0.05) is 49.3 Å². The molecule has 2 aromatic rings. The Balaban J connectivity index is 1.53. The highest BCUT2D eigenvalue weighted by molar-refractivity contribution is 5.47. The first-order valence-electron chi connectivity index (χ1n) is 10.4. The van der Waals surface area contributed by atoms with Crippen LogP contribution in [0.5, 0.6) is 23.0 Å². The average molecular weight is 414 g/mol. The predicted octanol–water partition coefficient (Wildman–Crippen LogP) is 2.76. The summed E-state index contributed by atoms with van der Waals surface area (Å²) in [5.41, 5.74) is 9.11. The quantitative estimate of drug-likeness (QED) is 0.755. The molecule has 2 heterocycles. The van der Waals surface area contributed by atoms with E-state index in [9.17, 15) is 0 Å². The Bertz CT molecular complexity index is 860. The maximum Gasteiger partial charge on any atom is 0.165 e. The van der Waals surface area contributed by atoms with E-state index in [1.807, 2.05) is 24.3 Å². The number of hydrazine groups is 1. The minimum atomic E-state index is 0.164. The molecule has 0 amide bonds. The highest BCUT2D eigenvalue weighted by Gasteiger charge is 2.32. The van der Waals surface area contributed by atoms with Gasteiger partial charge in [-0.1, -0.05) is 18.2 Å². The van der Waals surface area contributed by atoms with E-state index >= 15 is 0 Å².